The van der Waals surface area contributed by atoms with Crippen LogP contribution in [-0.2, 0) is 16.1 Å². The van der Waals surface area contributed by atoms with Crippen LogP contribution in [0.5, 0.6) is 5.75 Å². The highest BCUT2D eigenvalue weighted by molar-refractivity contribution is 5.75. The van der Waals surface area contributed by atoms with Crippen molar-refractivity contribution in [2.24, 2.45) is 5.73 Å². The summed E-state index contributed by atoms with van der Waals surface area (Å²) in [6, 6.07) is 7.67. The molecule has 1 saturated heterocycles. The Bertz CT molecular complexity index is 465. The smallest absolute Gasteiger partial charge is 0.323 e. The van der Waals surface area contributed by atoms with E-state index in [0.717, 1.165) is 43.7 Å². The maximum atomic E-state index is 11.8. The Balaban J connectivity index is 1.84. The Morgan fingerprint density at radius 3 is 3.05 bits per heavy atom. The zero-order valence-electron chi connectivity index (χ0n) is 12.6. The average molecular weight is 292 g/mol. The minimum absolute atomic E-state index is 0.122. The van der Waals surface area contributed by atoms with Gasteiger partial charge in [0.25, 0.3) is 0 Å². The van der Waals surface area contributed by atoms with Gasteiger partial charge in [-0.25, -0.2) is 0 Å². The van der Waals surface area contributed by atoms with Crippen LogP contribution in [0.3, 0.4) is 0 Å². The van der Waals surface area contributed by atoms with Gasteiger partial charge in [0.2, 0.25) is 0 Å². The highest BCUT2D eigenvalue weighted by Crippen LogP contribution is 2.18. The zero-order valence-corrected chi connectivity index (χ0v) is 12.6. The van der Waals surface area contributed by atoms with Gasteiger partial charge < -0.3 is 15.2 Å². The normalized spacial score (nSPS) is 19.2. The molecule has 0 radical (unpaired) electrons. The van der Waals surface area contributed by atoms with Gasteiger partial charge in [0.15, 0.2) is 0 Å². The molecule has 5 nitrogen and oxygen atoms in total. The summed E-state index contributed by atoms with van der Waals surface area (Å²) in [7, 11) is 1.45. The van der Waals surface area contributed by atoms with Crippen molar-refractivity contribution in [3.05, 3.63) is 29.8 Å². The summed E-state index contributed by atoms with van der Waals surface area (Å²) in [5.41, 5.74) is 6.67. The maximum Gasteiger partial charge on any atom is 0.323 e. The van der Waals surface area contributed by atoms with E-state index in [1.165, 1.54) is 7.11 Å². The summed E-state index contributed by atoms with van der Waals surface area (Å²) in [5, 5.41) is 0. The maximum absolute atomic E-state index is 11.8. The molecule has 1 aliphatic rings. The van der Waals surface area contributed by atoms with Crippen LogP contribution in [0.1, 0.15) is 24.8 Å². The van der Waals surface area contributed by atoms with Crippen molar-refractivity contribution in [2.45, 2.75) is 31.8 Å². The molecule has 0 aromatic heterocycles. The van der Waals surface area contributed by atoms with Gasteiger partial charge in [-0.2, -0.15) is 0 Å². The second kappa shape index (κ2) is 8.00. The van der Waals surface area contributed by atoms with E-state index in [4.69, 9.17) is 15.2 Å². The average Bonchev–Trinajstić information content (AvgIpc) is 2.55. The third kappa shape index (κ3) is 4.44. The number of hydrogen-bond donors (Lipinski definition) is 1. The predicted octanol–water partition coefficient (Wildman–Crippen LogP) is 1.55. The first-order valence-electron chi connectivity index (χ1n) is 7.48. The number of methoxy groups -OCH3 is 1. The quantitative estimate of drug-likeness (QED) is 0.806. The number of esters is 1. The number of ether oxygens (including phenoxy) is 2. The largest absolute Gasteiger partial charge is 0.492 e. The first-order valence-corrected chi connectivity index (χ1v) is 7.48. The van der Waals surface area contributed by atoms with Gasteiger partial charge in [0, 0.05) is 13.1 Å². The number of benzene rings is 1. The molecule has 1 aliphatic heterocycles. The lowest BCUT2D eigenvalue weighted by Gasteiger charge is -2.33. The summed E-state index contributed by atoms with van der Waals surface area (Å²) < 4.78 is 10.6. The minimum atomic E-state index is -0.139. The van der Waals surface area contributed by atoms with Crippen LogP contribution in [0.15, 0.2) is 24.3 Å². The lowest BCUT2D eigenvalue weighted by Crippen LogP contribution is -2.46. The lowest BCUT2D eigenvalue weighted by atomic mass is 10.0. The van der Waals surface area contributed by atoms with Crippen molar-refractivity contribution in [2.75, 3.05) is 26.8 Å². The molecule has 2 N–H and O–H groups in total. The molecule has 0 amide bonds. The van der Waals surface area contributed by atoms with Gasteiger partial charge in [-0.1, -0.05) is 18.6 Å². The molecule has 1 aromatic rings. The first kappa shape index (κ1) is 15.8. The fourth-order valence-electron chi connectivity index (χ4n) is 2.70. The van der Waals surface area contributed by atoms with Gasteiger partial charge in [0.1, 0.15) is 18.4 Å². The molecule has 0 spiro atoms. The van der Waals surface area contributed by atoms with E-state index in [2.05, 4.69) is 4.90 Å². The molecule has 1 unspecified atom stereocenters. The molecule has 0 saturated carbocycles. The highest BCUT2D eigenvalue weighted by Gasteiger charge is 2.28. The molecule has 21 heavy (non-hydrogen) atoms. The fourth-order valence-corrected chi connectivity index (χ4v) is 2.70. The van der Waals surface area contributed by atoms with E-state index < -0.39 is 0 Å². The van der Waals surface area contributed by atoms with Crippen molar-refractivity contribution in [1.29, 1.82) is 0 Å². The summed E-state index contributed by atoms with van der Waals surface area (Å²) in [5.74, 6) is 0.685. The van der Waals surface area contributed by atoms with Gasteiger partial charge in [-0.15, -0.1) is 0 Å². The zero-order chi connectivity index (χ0) is 15.1. The van der Waals surface area contributed by atoms with E-state index in [0.29, 0.717) is 13.2 Å². The summed E-state index contributed by atoms with van der Waals surface area (Å²) in [4.78, 5) is 13.9. The molecule has 0 bridgehead atoms. The van der Waals surface area contributed by atoms with Crippen LogP contribution in [0, 0.1) is 0 Å². The standard InChI is InChI=1S/C16H24N2O3/c1-20-16(19)15-7-2-3-8-18(15)9-10-21-14-6-4-5-13(11-14)12-17/h4-6,11,15H,2-3,7-10,12,17H2,1H3. The van der Waals surface area contributed by atoms with E-state index in [9.17, 15) is 4.79 Å². The number of piperidine rings is 1. The molecule has 0 aliphatic carbocycles. The molecular formula is C16H24N2O3. The van der Waals surface area contributed by atoms with Crippen LogP contribution in [-0.4, -0.2) is 43.7 Å². The van der Waals surface area contributed by atoms with Crippen molar-refractivity contribution >= 4 is 5.97 Å². The second-order valence-corrected chi connectivity index (χ2v) is 5.27. The van der Waals surface area contributed by atoms with Crippen LogP contribution < -0.4 is 10.5 Å². The molecule has 2 rings (SSSR count). The molecule has 5 heteroatoms. The van der Waals surface area contributed by atoms with Crippen LogP contribution in [0.25, 0.3) is 0 Å². The predicted molar refractivity (Wildman–Crippen MR) is 81.1 cm³/mol. The number of hydrogen-bond acceptors (Lipinski definition) is 5. The number of rotatable bonds is 6. The highest BCUT2D eigenvalue weighted by atomic mass is 16.5. The summed E-state index contributed by atoms with van der Waals surface area (Å²) in [6.07, 6.45) is 3.07. The second-order valence-electron chi connectivity index (χ2n) is 5.27. The number of likely N-dealkylation sites (tertiary alicyclic amines) is 1. The van der Waals surface area contributed by atoms with E-state index in [-0.39, 0.29) is 12.0 Å². The monoisotopic (exact) mass is 292 g/mol. The molecule has 116 valence electrons. The van der Waals surface area contributed by atoms with E-state index in [1.54, 1.807) is 0 Å². The van der Waals surface area contributed by atoms with Gasteiger partial charge in [-0.05, 0) is 37.1 Å². The van der Waals surface area contributed by atoms with Gasteiger partial charge in [0.05, 0.1) is 7.11 Å². The molecule has 1 fully saturated rings. The molecular weight excluding hydrogens is 268 g/mol. The van der Waals surface area contributed by atoms with Gasteiger partial charge in [-0.3, -0.25) is 9.69 Å². The third-order valence-electron chi connectivity index (χ3n) is 3.87. The Kier molecular flexibility index (Phi) is 6.02. The van der Waals surface area contributed by atoms with Crippen LogP contribution in [0.2, 0.25) is 0 Å². The Morgan fingerprint density at radius 1 is 1.43 bits per heavy atom. The minimum Gasteiger partial charge on any atom is -0.492 e. The topological polar surface area (TPSA) is 64.8 Å². The van der Waals surface area contributed by atoms with E-state index in [1.807, 2.05) is 24.3 Å². The number of nitrogens with two attached hydrogens (primary N) is 1. The van der Waals surface area contributed by atoms with Crippen molar-refractivity contribution in [1.82, 2.24) is 4.90 Å². The third-order valence-corrected chi connectivity index (χ3v) is 3.87. The molecule has 1 heterocycles. The SMILES string of the molecule is COC(=O)C1CCCCN1CCOc1cccc(CN)c1. The lowest BCUT2D eigenvalue weighted by molar-refractivity contribution is -0.148. The molecule has 1 aromatic carbocycles. The van der Waals surface area contributed by atoms with Gasteiger partial charge >= 0.3 is 5.97 Å². The van der Waals surface area contributed by atoms with Crippen molar-refractivity contribution in [3.8, 4) is 5.75 Å². The first-order chi connectivity index (χ1) is 10.2. The number of nitrogens with zero attached hydrogens (tertiary/aromatic N) is 1. The number of carbonyl (C=O) groups is 1. The summed E-state index contributed by atoms with van der Waals surface area (Å²) >= 11 is 0. The molecule has 1 atom stereocenters. The Labute approximate surface area is 126 Å². The van der Waals surface area contributed by atoms with Crippen molar-refractivity contribution < 1.29 is 14.3 Å². The van der Waals surface area contributed by atoms with Crippen LogP contribution in [0.4, 0.5) is 0 Å². The van der Waals surface area contributed by atoms with Crippen LogP contribution >= 0.6 is 0 Å². The Morgan fingerprint density at radius 2 is 2.29 bits per heavy atom. The number of carbonyl (C=O) groups excluding carboxylic acids is 1. The van der Waals surface area contributed by atoms with E-state index >= 15 is 0 Å². The fraction of sp³-hybridized carbons (Fsp3) is 0.562. The van der Waals surface area contributed by atoms with Crippen molar-refractivity contribution in [3.63, 3.8) is 0 Å². The Hall–Kier alpha value is -1.59. The summed E-state index contributed by atoms with van der Waals surface area (Å²) in [6.45, 7) is 2.72.